The van der Waals surface area contributed by atoms with E-state index in [4.69, 9.17) is 0 Å². The molecule has 2 aliphatic rings. The number of hydrogen-bond donors (Lipinski definition) is 1. The van der Waals surface area contributed by atoms with Gasteiger partial charge in [0, 0.05) is 48.4 Å². The number of carbonyl (C=O) groups is 2. The maximum Gasteiger partial charge on any atom is 0.321 e. The third-order valence-electron chi connectivity index (χ3n) is 4.18. The van der Waals surface area contributed by atoms with Gasteiger partial charge in [-0.05, 0) is 37.6 Å². The number of anilines is 2. The number of thioether (sulfide) groups is 1. The molecule has 5 nitrogen and oxygen atoms in total. The quantitative estimate of drug-likeness (QED) is 0.912. The standard InChI is InChI=1S/C16H21N3O2S/c1-12-2-7-15(20)19(12)14-5-3-13(4-6-14)17-16(21)18-8-10-22-11-9-18/h3-6,12H,2,7-11H2,1H3,(H,17,21). The SMILES string of the molecule is CC1CCC(=O)N1c1ccc(NC(=O)N2CCSCC2)cc1. The highest BCUT2D eigenvalue weighted by Crippen LogP contribution is 2.27. The predicted octanol–water partition coefficient (Wildman–Crippen LogP) is 2.78. The first-order valence-electron chi connectivity index (χ1n) is 7.71. The molecule has 2 heterocycles. The van der Waals surface area contributed by atoms with E-state index in [-0.39, 0.29) is 18.0 Å². The van der Waals surface area contributed by atoms with Gasteiger partial charge in [0.2, 0.25) is 5.91 Å². The fourth-order valence-electron chi connectivity index (χ4n) is 2.90. The van der Waals surface area contributed by atoms with Crippen molar-refractivity contribution < 1.29 is 9.59 Å². The summed E-state index contributed by atoms with van der Waals surface area (Å²) in [7, 11) is 0. The van der Waals surface area contributed by atoms with Gasteiger partial charge < -0.3 is 15.1 Å². The normalized spacial score (nSPS) is 22.0. The van der Waals surface area contributed by atoms with E-state index in [2.05, 4.69) is 12.2 Å². The van der Waals surface area contributed by atoms with Crippen LogP contribution >= 0.6 is 11.8 Å². The van der Waals surface area contributed by atoms with Crippen LogP contribution in [0.3, 0.4) is 0 Å². The molecule has 0 radical (unpaired) electrons. The zero-order valence-corrected chi connectivity index (χ0v) is 13.6. The van der Waals surface area contributed by atoms with Crippen LogP contribution < -0.4 is 10.2 Å². The molecule has 3 amide bonds. The Morgan fingerprint density at radius 2 is 1.91 bits per heavy atom. The Morgan fingerprint density at radius 1 is 1.23 bits per heavy atom. The first-order valence-corrected chi connectivity index (χ1v) is 8.86. The largest absolute Gasteiger partial charge is 0.323 e. The van der Waals surface area contributed by atoms with Crippen molar-refractivity contribution >= 4 is 35.1 Å². The molecule has 3 rings (SSSR count). The van der Waals surface area contributed by atoms with Gasteiger partial charge in [0.1, 0.15) is 0 Å². The van der Waals surface area contributed by atoms with Gasteiger partial charge in [-0.25, -0.2) is 4.79 Å². The summed E-state index contributed by atoms with van der Waals surface area (Å²) in [6, 6.07) is 7.74. The van der Waals surface area contributed by atoms with Gasteiger partial charge in [-0.1, -0.05) is 0 Å². The summed E-state index contributed by atoms with van der Waals surface area (Å²) in [5, 5.41) is 2.93. The number of nitrogens with one attached hydrogen (secondary N) is 1. The van der Waals surface area contributed by atoms with Gasteiger partial charge in [-0.3, -0.25) is 4.79 Å². The highest BCUT2D eigenvalue weighted by molar-refractivity contribution is 7.99. The summed E-state index contributed by atoms with van der Waals surface area (Å²) >= 11 is 1.88. The number of amides is 3. The second kappa shape index (κ2) is 6.60. The molecule has 0 aromatic heterocycles. The zero-order chi connectivity index (χ0) is 15.5. The summed E-state index contributed by atoms with van der Waals surface area (Å²) in [6.45, 7) is 3.66. The van der Waals surface area contributed by atoms with Crippen molar-refractivity contribution in [1.82, 2.24) is 4.90 Å². The van der Waals surface area contributed by atoms with Crippen molar-refractivity contribution in [1.29, 1.82) is 0 Å². The molecule has 0 saturated carbocycles. The van der Waals surface area contributed by atoms with Crippen LogP contribution in [0.15, 0.2) is 24.3 Å². The van der Waals surface area contributed by atoms with E-state index >= 15 is 0 Å². The van der Waals surface area contributed by atoms with Crippen LogP contribution in [0.5, 0.6) is 0 Å². The van der Waals surface area contributed by atoms with E-state index in [1.807, 2.05) is 45.8 Å². The molecule has 1 atom stereocenters. The second-order valence-electron chi connectivity index (χ2n) is 5.73. The molecule has 0 spiro atoms. The van der Waals surface area contributed by atoms with Gasteiger partial charge in [-0.15, -0.1) is 0 Å². The number of rotatable bonds is 2. The van der Waals surface area contributed by atoms with E-state index in [0.717, 1.165) is 42.4 Å². The van der Waals surface area contributed by atoms with Gasteiger partial charge in [0.25, 0.3) is 0 Å². The number of benzene rings is 1. The topological polar surface area (TPSA) is 52.7 Å². The van der Waals surface area contributed by atoms with Gasteiger partial charge in [0.15, 0.2) is 0 Å². The minimum atomic E-state index is -0.0429. The van der Waals surface area contributed by atoms with E-state index in [1.165, 1.54) is 0 Å². The minimum absolute atomic E-state index is 0.0429. The van der Waals surface area contributed by atoms with Gasteiger partial charge in [-0.2, -0.15) is 11.8 Å². The van der Waals surface area contributed by atoms with Crippen molar-refractivity contribution in [3.63, 3.8) is 0 Å². The summed E-state index contributed by atoms with van der Waals surface area (Å²) in [6.07, 6.45) is 1.52. The van der Waals surface area contributed by atoms with Crippen molar-refractivity contribution in [2.75, 3.05) is 34.8 Å². The predicted molar refractivity (Wildman–Crippen MR) is 90.5 cm³/mol. The highest BCUT2D eigenvalue weighted by atomic mass is 32.2. The molecule has 0 aliphatic carbocycles. The maximum absolute atomic E-state index is 12.2. The lowest BCUT2D eigenvalue weighted by molar-refractivity contribution is -0.117. The number of urea groups is 1. The zero-order valence-electron chi connectivity index (χ0n) is 12.7. The highest BCUT2D eigenvalue weighted by Gasteiger charge is 2.28. The van der Waals surface area contributed by atoms with Crippen LogP contribution in [0.4, 0.5) is 16.2 Å². The fraction of sp³-hybridized carbons (Fsp3) is 0.500. The van der Waals surface area contributed by atoms with E-state index in [9.17, 15) is 9.59 Å². The minimum Gasteiger partial charge on any atom is -0.323 e. The van der Waals surface area contributed by atoms with Crippen molar-refractivity contribution in [2.45, 2.75) is 25.8 Å². The number of nitrogens with zero attached hydrogens (tertiary/aromatic N) is 2. The van der Waals surface area contributed by atoms with Gasteiger partial charge in [0.05, 0.1) is 0 Å². The van der Waals surface area contributed by atoms with Crippen molar-refractivity contribution in [2.24, 2.45) is 0 Å². The Labute approximate surface area is 135 Å². The lowest BCUT2D eigenvalue weighted by Crippen LogP contribution is -2.40. The van der Waals surface area contributed by atoms with Crippen molar-refractivity contribution in [3.8, 4) is 0 Å². The average molecular weight is 319 g/mol. The Bertz CT molecular complexity index is 555. The molecule has 2 fully saturated rings. The summed E-state index contributed by atoms with van der Waals surface area (Å²) < 4.78 is 0. The molecule has 2 aliphatic heterocycles. The van der Waals surface area contributed by atoms with E-state index in [0.29, 0.717) is 6.42 Å². The third-order valence-corrected chi connectivity index (χ3v) is 5.12. The molecule has 0 bridgehead atoms. The lowest BCUT2D eigenvalue weighted by atomic mass is 10.2. The fourth-order valence-corrected chi connectivity index (χ4v) is 3.80. The summed E-state index contributed by atoms with van der Waals surface area (Å²) in [5.41, 5.74) is 1.67. The second-order valence-corrected chi connectivity index (χ2v) is 6.95. The average Bonchev–Trinajstić information content (AvgIpc) is 2.88. The molecule has 1 aromatic rings. The Balaban J connectivity index is 1.64. The van der Waals surface area contributed by atoms with Crippen LogP contribution in [-0.2, 0) is 4.79 Å². The first-order chi connectivity index (χ1) is 10.6. The molecule has 6 heteroatoms. The Morgan fingerprint density at radius 3 is 2.50 bits per heavy atom. The van der Waals surface area contributed by atoms with E-state index in [1.54, 1.807) is 0 Å². The summed E-state index contributed by atoms with van der Waals surface area (Å²) in [4.78, 5) is 27.7. The molecule has 1 unspecified atom stereocenters. The lowest BCUT2D eigenvalue weighted by Gasteiger charge is -2.26. The summed E-state index contributed by atoms with van der Waals surface area (Å²) in [5.74, 6) is 2.18. The van der Waals surface area contributed by atoms with Gasteiger partial charge >= 0.3 is 6.03 Å². The van der Waals surface area contributed by atoms with Crippen LogP contribution in [0.25, 0.3) is 0 Å². The molecule has 22 heavy (non-hydrogen) atoms. The van der Waals surface area contributed by atoms with Crippen LogP contribution in [0.1, 0.15) is 19.8 Å². The van der Waals surface area contributed by atoms with Crippen molar-refractivity contribution in [3.05, 3.63) is 24.3 Å². The molecule has 1 aromatic carbocycles. The molecule has 2 saturated heterocycles. The smallest absolute Gasteiger partial charge is 0.321 e. The third kappa shape index (κ3) is 3.21. The molecule has 1 N–H and O–H groups in total. The van der Waals surface area contributed by atoms with E-state index < -0.39 is 0 Å². The molecular formula is C16H21N3O2S. The Hall–Kier alpha value is -1.69. The van der Waals surface area contributed by atoms with Crippen LogP contribution in [0.2, 0.25) is 0 Å². The van der Waals surface area contributed by atoms with Crippen LogP contribution in [-0.4, -0.2) is 47.5 Å². The maximum atomic E-state index is 12.2. The van der Waals surface area contributed by atoms with Crippen LogP contribution in [0, 0.1) is 0 Å². The first kappa shape index (κ1) is 15.2. The number of carbonyl (C=O) groups excluding carboxylic acids is 2. The molecular weight excluding hydrogens is 298 g/mol. The molecule has 118 valence electrons. The number of hydrogen-bond acceptors (Lipinski definition) is 3. The monoisotopic (exact) mass is 319 g/mol. The Kier molecular flexibility index (Phi) is 4.57.